The molecule has 31 heavy (non-hydrogen) atoms. The maximum atomic E-state index is 7.62. The second-order valence-corrected chi connectivity index (χ2v) is 8.18. The summed E-state index contributed by atoms with van der Waals surface area (Å²) in [5.41, 5.74) is 12.1. The Morgan fingerprint density at radius 1 is 1.35 bits per heavy atom. The van der Waals surface area contributed by atoms with Crippen molar-refractivity contribution in [2.24, 2.45) is 11.7 Å². The van der Waals surface area contributed by atoms with Crippen molar-refractivity contribution in [1.82, 2.24) is 14.9 Å². The number of nitrogens with two attached hydrogens (primary N) is 1. The summed E-state index contributed by atoms with van der Waals surface area (Å²) in [6, 6.07) is 12.0. The van der Waals surface area contributed by atoms with Gasteiger partial charge in [-0.25, -0.2) is 4.98 Å². The Labute approximate surface area is 183 Å². The number of hydrogen-bond acceptors (Lipinski definition) is 6. The summed E-state index contributed by atoms with van der Waals surface area (Å²) in [6.07, 6.45) is 3.68. The third-order valence-corrected chi connectivity index (χ3v) is 5.97. The van der Waals surface area contributed by atoms with Gasteiger partial charge in [-0.1, -0.05) is 12.6 Å². The molecule has 0 saturated carbocycles. The van der Waals surface area contributed by atoms with Gasteiger partial charge in [0.05, 0.1) is 17.6 Å². The summed E-state index contributed by atoms with van der Waals surface area (Å²) < 4.78 is 0. The Hall–Kier alpha value is -3.16. The Bertz CT molecular complexity index is 1080. The first-order chi connectivity index (χ1) is 15.1. The quantitative estimate of drug-likeness (QED) is 0.340. The van der Waals surface area contributed by atoms with Crippen molar-refractivity contribution in [3.63, 3.8) is 0 Å². The van der Waals surface area contributed by atoms with Gasteiger partial charge in [0, 0.05) is 42.4 Å². The standard InChI is InChI=1S/C24H31N7/c1-16(18-3-5-21(27-2)19(11-18)13-26)28-20-4-6-22-23(12-20)30-24(29-22)15-31-10-8-17(14-31)7-9-25/h3-6,11-13,17,26-28H,1,7-10,14-15,25H2,2H3,(H,29,30). The molecule has 0 amide bonds. The molecular weight excluding hydrogens is 386 g/mol. The minimum atomic E-state index is 0.714. The van der Waals surface area contributed by atoms with E-state index in [1.807, 2.05) is 37.4 Å². The first kappa shape index (κ1) is 21.1. The van der Waals surface area contributed by atoms with Crippen molar-refractivity contribution in [3.05, 3.63) is 59.9 Å². The molecule has 1 fully saturated rings. The fraction of sp³-hybridized carbons (Fsp3) is 0.333. The fourth-order valence-electron chi connectivity index (χ4n) is 4.30. The molecule has 0 bridgehead atoms. The normalized spacial score (nSPS) is 16.5. The van der Waals surface area contributed by atoms with Crippen molar-refractivity contribution in [2.75, 3.05) is 37.3 Å². The molecule has 1 saturated heterocycles. The second-order valence-electron chi connectivity index (χ2n) is 8.18. The Balaban J connectivity index is 1.44. The Morgan fingerprint density at radius 3 is 3.00 bits per heavy atom. The van der Waals surface area contributed by atoms with E-state index in [1.54, 1.807) is 0 Å². The molecule has 1 aromatic heterocycles. The monoisotopic (exact) mass is 417 g/mol. The molecule has 6 N–H and O–H groups in total. The van der Waals surface area contributed by atoms with Crippen LogP contribution in [0, 0.1) is 11.3 Å². The van der Waals surface area contributed by atoms with Gasteiger partial charge in [-0.2, -0.15) is 0 Å². The molecule has 7 nitrogen and oxygen atoms in total. The van der Waals surface area contributed by atoms with Gasteiger partial charge >= 0.3 is 0 Å². The number of aromatic nitrogens is 2. The number of H-pyrrole nitrogens is 1. The number of nitrogens with one attached hydrogen (secondary N) is 4. The van der Waals surface area contributed by atoms with Crippen LogP contribution in [-0.4, -0.2) is 47.8 Å². The van der Waals surface area contributed by atoms with Gasteiger partial charge < -0.3 is 26.8 Å². The van der Waals surface area contributed by atoms with Gasteiger partial charge in [-0.05, 0) is 67.7 Å². The summed E-state index contributed by atoms with van der Waals surface area (Å²) in [5.74, 6) is 1.71. The number of benzene rings is 2. The van der Waals surface area contributed by atoms with Crippen molar-refractivity contribution < 1.29 is 0 Å². The van der Waals surface area contributed by atoms with E-state index in [0.717, 1.165) is 77.7 Å². The third-order valence-electron chi connectivity index (χ3n) is 5.97. The maximum Gasteiger partial charge on any atom is 0.121 e. The zero-order valence-corrected chi connectivity index (χ0v) is 18.0. The lowest BCUT2D eigenvalue weighted by molar-refractivity contribution is 0.307. The van der Waals surface area contributed by atoms with Crippen molar-refractivity contribution in [1.29, 1.82) is 5.41 Å². The predicted octanol–water partition coefficient (Wildman–Crippen LogP) is 3.86. The average molecular weight is 418 g/mol. The average Bonchev–Trinajstić information content (AvgIpc) is 3.39. The van der Waals surface area contributed by atoms with Crippen LogP contribution < -0.4 is 16.4 Å². The van der Waals surface area contributed by atoms with Gasteiger partial charge in [0.1, 0.15) is 5.82 Å². The molecule has 1 unspecified atom stereocenters. The SMILES string of the molecule is C=C(Nc1ccc2nc(CN3CCC(CCN)C3)[nH]c2c1)c1ccc(NC)c(C=N)c1. The van der Waals surface area contributed by atoms with Crippen LogP contribution in [0.25, 0.3) is 16.7 Å². The van der Waals surface area contributed by atoms with Crippen LogP contribution in [0.2, 0.25) is 0 Å². The van der Waals surface area contributed by atoms with Crippen molar-refractivity contribution >= 4 is 34.3 Å². The van der Waals surface area contributed by atoms with Gasteiger partial charge in [0.25, 0.3) is 0 Å². The Kier molecular flexibility index (Phi) is 6.34. The van der Waals surface area contributed by atoms with Crippen molar-refractivity contribution in [2.45, 2.75) is 19.4 Å². The number of nitrogens with zero attached hydrogens (tertiary/aromatic N) is 2. The molecule has 4 rings (SSSR count). The smallest absolute Gasteiger partial charge is 0.121 e. The third kappa shape index (κ3) is 4.78. The van der Waals surface area contributed by atoms with Crippen LogP contribution in [-0.2, 0) is 6.54 Å². The molecule has 0 aliphatic carbocycles. The topological polar surface area (TPSA) is 106 Å². The molecule has 2 heterocycles. The number of fused-ring (bicyclic) bond motifs is 1. The Morgan fingerprint density at radius 2 is 2.23 bits per heavy atom. The molecule has 3 aromatic rings. The van der Waals surface area contributed by atoms with E-state index < -0.39 is 0 Å². The lowest BCUT2D eigenvalue weighted by Crippen LogP contribution is -2.21. The van der Waals surface area contributed by atoms with Gasteiger partial charge in [-0.15, -0.1) is 0 Å². The van der Waals surface area contributed by atoms with Crippen LogP contribution in [0.5, 0.6) is 0 Å². The van der Waals surface area contributed by atoms with Crippen LogP contribution in [0.4, 0.5) is 11.4 Å². The highest BCUT2D eigenvalue weighted by molar-refractivity contribution is 5.89. The molecule has 1 atom stereocenters. The zero-order chi connectivity index (χ0) is 21.8. The molecule has 0 radical (unpaired) electrons. The van der Waals surface area contributed by atoms with E-state index in [2.05, 4.69) is 33.2 Å². The summed E-state index contributed by atoms with van der Waals surface area (Å²) in [5, 5.41) is 14.1. The van der Waals surface area contributed by atoms with E-state index >= 15 is 0 Å². The summed E-state index contributed by atoms with van der Waals surface area (Å²) in [6.45, 7) is 8.00. The molecule has 2 aromatic carbocycles. The zero-order valence-electron chi connectivity index (χ0n) is 18.0. The highest BCUT2D eigenvalue weighted by atomic mass is 15.2. The van der Waals surface area contributed by atoms with E-state index in [-0.39, 0.29) is 0 Å². The van der Waals surface area contributed by atoms with Crippen LogP contribution in [0.15, 0.2) is 43.0 Å². The van der Waals surface area contributed by atoms with E-state index in [0.29, 0.717) is 5.92 Å². The van der Waals surface area contributed by atoms with Gasteiger partial charge in [-0.3, -0.25) is 4.90 Å². The molecule has 1 aliphatic rings. The minimum Gasteiger partial charge on any atom is -0.388 e. The fourth-order valence-corrected chi connectivity index (χ4v) is 4.30. The van der Waals surface area contributed by atoms with Gasteiger partial charge in [0.15, 0.2) is 0 Å². The lowest BCUT2D eigenvalue weighted by atomic mass is 10.1. The first-order valence-electron chi connectivity index (χ1n) is 10.8. The second kappa shape index (κ2) is 9.32. The predicted molar refractivity (Wildman–Crippen MR) is 130 cm³/mol. The number of anilines is 2. The molecule has 1 aliphatic heterocycles. The number of hydrogen-bond donors (Lipinski definition) is 5. The summed E-state index contributed by atoms with van der Waals surface area (Å²) in [4.78, 5) is 10.7. The minimum absolute atomic E-state index is 0.714. The maximum absolute atomic E-state index is 7.62. The molecule has 162 valence electrons. The first-order valence-corrected chi connectivity index (χ1v) is 10.8. The number of likely N-dealkylation sites (tertiary alicyclic amines) is 1. The van der Waals surface area contributed by atoms with Crippen molar-refractivity contribution in [3.8, 4) is 0 Å². The van der Waals surface area contributed by atoms with Crippen LogP contribution >= 0.6 is 0 Å². The largest absolute Gasteiger partial charge is 0.388 e. The van der Waals surface area contributed by atoms with E-state index in [4.69, 9.17) is 16.1 Å². The van der Waals surface area contributed by atoms with Crippen LogP contribution in [0.1, 0.15) is 29.8 Å². The summed E-state index contributed by atoms with van der Waals surface area (Å²) >= 11 is 0. The highest BCUT2D eigenvalue weighted by Gasteiger charge is 2.22. The summed E-state index contributed by atoms with van der Waals surface area (Å²) in [7, 11) is 1.85. The van der Waals surface area contributed by atoms with Crippen LogP contribution in [0.3, 0.4) is 0 Å². The molecular formula is C24H31N7. The molecule has 0 spiro atoms. The molecule has 7 heteroatoms. The number of imidazole rings is 1. The lowest BCUT2D eigenvalue weighted by Gasteiger charge is -2.13. The highest BCUT2D eigenvalue weighted by Crippen LogP contribution is 2.25. The van der Waals surface area contributed by atoms with Gasteiger partial charge in [0.2, 0.25) is 0 Å². The van der Waals surface area contributed by atoms with E-state index in [9.17, 15) is 0 Å². The number of rotatable bonds is 9. The van der Waals surface area contributed by atoms with E-state index in [1.165, 1.54) is 12.6 Å². The number of aromatic amines is 1.